The van der Waals surface area contributed by atoms with Crippen molar-refractivity contribution in [1.29, 1.82) is 0 Å². The third kappa shape index (κ3) is 4.60. The van der Waals surface area contributed by atoms with E-state index in [0.29, 0.717) is 11.5 Å². The number of anilines is 1. The van der Waals surface area contributed by atoms with Gasteiger partial charge in [-0.05, 0) is 0 Å². The lowest BCUT2D eigenvalue weighted by Gasteiger charge is -2.26. The largest absolute Gasteiger partial charge is 0.454 e. The van der Waals surface area contributed by atoms with Crippen molar-refractivity contribution in [3.05, 3.63) is 22.2 Å². The molecule has 0 radical (unpaired) electrons. The summed E-state index contributed by atoms with van der Waals surface area (Å²) in [7, 11) is 0. The van der Waals surface area contributed by atoms with E-state index in [2.05, 4.69) is 10.6 Å². The normalized spacial score (nSPS) is 15.8. The van der Waals surface area contributed by atoms with Crippen molar-refractivity contribution in [2.24, 2.45) is 0 Å². The SMILES string of the molecule is Cl.Cl.O=C(CN1CCNCC1)Nc1cc2c(cc1[N+](=O)[O-])OCO2. The zero-order chi connectivity index (χ0) is 15.5. The standard InChI is InChI=1S/C13H16N4O5.2ClH/c18-13(7-16-3-1-14-2-4-16)15-9-5-11-12(22-8-21-11)6-10(9)17(19)20;;/h5-6,14H,1-4,7-8H2,(H,15,18);2*1H. The lowest BCUT2D eigenvalue weighted by Crippen LogP contribution is -2.46. The molecule has 1 saturated heterocycles. The van der Waals surface area contributed by atoms with Crippen molar-refractivity contribution in [3.63, 3.8) is 0 Å². The first-order valence-electron chi connectivity index (χ1n) is 6.94. The van der Waals surface area contributed by atoms with E-state index in [-0.39, 0.29) is 55.4 Å². The molecule has 11 heteroatoms. The van der Waals surface area contributed by atoms with Crippen LogP contribution in [0.2, 0.25) is 0 Å². The monoisotopic (exact) mass is 380 g/mol. The average molecular weight is 381 g/mol. The van der Waals surface area contributed by atoms with Gasteiger partial charge >= 0.3 is 0 Å². The van der Waals surface area contributed by atoms with Crippen molar-refractivity contribution < 1.29 is 19.2 Å². The Bertz CT molecular complexity index is 610. The fourth-order valence-corrected chi connectivity index (χ4v) is 2.44. The summed E-state index contributed by atoms with van der Waals surface area (Å²) in [6.07, 6.45) is 0. The highest BCUT2D eigenvalue weighted by Gasteiger charge is 2.25. The number of benzene rings is 1. The van der Waals surface area contributed by atoms with E-state index in [1.54, 1.807) is 0 Å². The third-order valence-corrected chi connectivity index (χ3v) is 3.54. The van der Waals surface area contributed by atoms with E-state index in [0.717, 1.165) is 26.2 Å². The van der Waals surface area contributed by atoms with Crippen LogP contribution in [0.1, 0.15) is 0 Å². The van der Waals surface area contributed by atoms with E-state index in [1.807, 2.05) is 4.90 Å². The number of nitrogens with one attached hydrogen (secondary N) is 2. The number of rotatable bonds is 4. The van der Waals surface area contributed by atoms with Gasteiger partial charge in [-0.2, -0.15) is 0 Å². The first-order valence-corrected chi connectivity index (χ1v) is 6.94. The van der Waals surface area contributed by atoms with Crippen LogP contribution in [0.5, 0.6) is 11.5 Å². The molecule has 134 valence electrons. The smallest absolute Gasteiger partial charge is 0.296 e. The molecule has 1 amide bonds. The Hall–Kier alpha value is -1.81. The number of amides is 1. The summed E-state index contributed by atoms with van der Waals surface area (Å²) in [5.41, 5.74) is -0.0905. The van der Waals surface area contributed by atoms with Gasteiger partial charge in [0.1, 0.15) is 5.69 Å². The number of fused-ring (bicyclic) bond motifs is 1. The zero-order valence-electron chi connectivity index (χ0n) is 12.6. The molecular formula is C13H18Cl2N4O5. The number of halogens is 2. The van der Waals surface area contributed by atoms with Gasteiger partial charge in [-0.1, -0.05) is 0 Å². The summed E-state index contributed by atoms with van der Waals surface area (Å²) in [5.74, 6) is 0.416. The van der Waals surface area contributed by atoms with Crippen molar-refractivity contribution in [2.45, 2.75) is 0 Å². The molecule has 0 atom stereocenters. The number of piperazine rings is 1. The highest BCUT2D eigenvalue weighted by atomic mass is 35.5. The molecule has 1 aromatic carbocycles. The molecule has 2 aliphatic rings. The quantitative estimate of drug-likeness (QED) is 0.592. The van der Waals surface area contributed by atoms with Crippen molar-refractivity contribution in [3.8, 4) is 11.5 Å². The van der Waals surface area contributed by atoms with Crippen LogP contribution in [0.25, 0.3) is 0 Å². The Kier molecular flexibility index (Phi) is 7.49. The van der Waals surface area contributed by atoms with Crippen LogP contribution in [0.15, 0.2) is 12.1 Å². The molecule has 0 bridgehead atoms. The second-order valence-corrected chi connectivity index (χ2v) is 5.05. The fraction of sp³-hybridized carbons (Fsp3) is 0.462. The Morgan fingerprint density at radius 3 is 2.50 bits per heavy atom. The average Bonchev–Trinajstić information content (AvgIpc) is 2.94. The summed E-state index contributed by atoms with van der Waals surface area (Å²) < 4.78 is 10.3. The predicted molar refractivity (Wildman–Crippen MR) is 91.7 cm³/mol. The fourth-order valence-electron chi connectivity index (χ4n) is 2.44. The van der Waals surface area contributed by atoms with E-state index in [9.17, 15) is 14.9 Å². The van der Waals surface area contributed by atoms with Gasteiger partial charge in [0, 0.05) is 32.2 Å². The number of nitrogens with zero attached hydrogens (tertiary/aromatic N) is 2. The maximum absolute atomic E-state index is 12.1. The number of nitro benzene ring substituents is 1. The molecule has 0 unspecified atom stereocenters. The van der Waals surface area contributed by atoms with Gasteiger partial charge in [-0.25, -0.2) is 0 Å². The summed E-state index contributed by atoms with van der Waals surface area (Å²) in [6, 6.07) is 2.69. The molecule has 24 heavy (non-hydrogen) atoms. The van der Waals surface area contributed by atoms with Gasteiger partial charge < -0.3 is 20.1 Å². The molecule has 0 saturated carbocycles. The first kappa shape index (κ1) is 20.2. The molecule has 2 heterocycles. The molecule has 1 aromatic rings. The molecule has 0 aromatic heterocycles. The van der Waals surface area contributed by atoms with Gasteiger partial charge in [-0.3, -0.25) is 19.8 Å². The van der Waals surface area contributed by atoms with Crippen LogP contribution in [0.4, 0.5) is 11.4 Å². The maximum atomic E-state index is 12.1. The lowest BCUT2D eigenvalue weighted by molar-refractivity contribution is -0.384. The maximum Gasteiger partial charge on any atom is 0.296 e. The van der Waals surface area contributed by atoms with E-state index in [4.69, 9.17) is 9.47 Å². The summed E-state index contributed by atoms with van der Waals surface area (Å²) in [6.45, 7) is 3.43. The molecular weight excluding hydrogens is 363 g/mol. The van der Waals surface area contributed by atoms with Crippen LogP contribution in [0.3, 0.4) is 0 Å². The first-order chi connectivity index (χ1) is 10.6. The molecule has 0 spiro atoms. The molecule has 1 fully saturated rings. The van der Waals surface area contributed by atoms with E-state index in [1.165, 1.54) is 12.1 Å². The predicted octanol–water partition coefficient (Wildman–Crippen LogP) is 1.01. The number of hydrogen-bond donors (Lipinski definition) is 2. The zero-order valence-corrected chi connectivity index (χ0v) is 14.3. The molecule has 0 aliphatic carbocycles. The van der Waals surface area contributed by atoms with Gasteiger partial charge in [0.15, 0.2) is 11.5 Å². The summed E-state index contributed by atoms with van der Waals surface area (Å²) in [4.78, 5) is 24.7. The molecule has 9 nitrogen and oxygen atoms in total. The van der Waals surface area contributed by atoms with Crippen molar-refractivity contribution in [2.75, 3.05) is 44.8 Å². The second kappa shape index (κ2) is 8.88. The van der Waals surface area contributed by atoms with Gasteiger partial charge in [0.25, 0.3) is 5.69 Å². The Balaban J connectivity index is 0.00000144. The minimum Gasteiger partial charge on any atom is -0.454 e. The van der Waals surface area contributed by atoms with Crippen LogP contribution in [-0.2, 0) is 4.79 Å². The van der Waals surface area contributed by atoms with Gasteiger partial charge in [-0.15, -0.1) is 24.8 Å². The van der Waals surface area contributed by atoms with Crippen LogP contribution >= 0.6 is 24.8 Å². The minimum absolute atomic E-state index is 0. The highest BCUT2D eigenvalue weighted by Crippen LogP contribution is 2.40. The molecule has 3 rings (SSSR count). The van der Waals surface area contributed by atoms with Crippen LogP contribution in [-0.4, -0.2) is 55.2 Å². The number of carbonyl (C=O) groups excluding carboxylic acids is 1. The van der Waals surface area contributed by atoms with E-state index >= 15 is 0 Å². The van der Waals surface area contributed by atoms with Gasteiger partial charge in [0.05, 0.1) is 17.5 Å². The number of hydrogen-bond acceptors (Lipinski definition) is 7. The van der Waals surface area contributed by atoms with Crippen LogP contribution < -0.4 is 20.1 Å². The highest BCUT2D eigenvalue weighted by molar-refractivity contribution is 5.95. The Morgan fingerprint density at radius 2 is 1.88 bits per heavy atom. The topological polar surface area (TPSA) is 106 Å². The molecule has 2 aliphatic heterocycles. The summed E-state index contributed by atoms with van der Waals surface area (Å²) in [5, 5.41) is 16.9. The minimum atomic E-state index is -0.553. The Morgan fingerprint density at radius 1 is 1.25 bits per heavy atom. The van der Waals surface area contributed by atoms with Gasteiger partial charge in [0.2, 0.25) is 12.7 Å². The number of ether oxygens (including phenoxy) is 2. The van der Waals surface area contributed by atoms with Crippen LogP contribution in [0, 0.1) is 10.1 Å². The Labute approximate surface area is 150 Å². The molecule has 2 N–H and O–H groups in total. The third-order valence-electron chi connectivity index (χ3n) is 3.54. The number of carbonyl (C=O) groups is 1. The number of nitro groups is 1. The van der Waals surface area contributed by atoms with E-state index < -0.39 is 4.92 Å². The summed E-state index contributed by atoms with van der Waals surface area (Å²) >= 11 is 0. The second-order valence-electron chi connectivity index (χ2n) is 5.05. The van der Waals surface area contributed by atoms with Crippen molar-refractivity contribution in [1.82, 2.24) is 10.2 Å². The van der Waals surface area contributed by atoms with Crippen molar-refractivity contribution >= 4 is 42.1 Å². The lowest BCUT2D eigenvalue weighted by atomic mass is 10.2.